The fourth-order valence-electron chi connectivity index (χ4n) is 2.43. The van der Waals surface area contributed by atoms with Gasteiger partial charge in [-0.3, -0.25) is 4.68 Å². The van der Waals surface area contributed by atoms with E-state index in [-0.39, 0.29) is 5.82 Å². The van der Waals surface area contributed by atoms with Crippen LogP contribution in [-0.4, -0.2) is 29.5 Å². The molecule has 0 saturated carbocycles. The van der Waals surface area contributed by atoms with Gasteiger partial charge in [-0.05, 0) is 6.07 Å². The second-order valence-corrected chi connectivity index (χ2v) is 5.37. The molecule has 0 saturated heterocycles. The maximum atomic E-state index is 13.9. The summed E-state index contributed by atoms with van der Waals surface area (Å²) in [6, 6.07) is 8.45. The molecule has 24 heavy (non-hydrogen) atoms. The van der Waals surface area contributed by atoms with E-state index < -0.39 is 0 Å². The number of nitrogens with zero attached hydrogens (tertiary/aromatic N) is 6. The van der Waals surface area contributed by atoms with Crippen molar-refractivity contribution >= 4 is 22.8 Å². The summed E-state index contributed by atoms with van der Waals surface area (Å²) in [6.45, 7) is 0.302. The third kappa shape index (κ3) is 2.69. The van der Waals surface area contributed by atoms with Gasteiger partial charge in [0, 0.05) is 31.1 Å². The molecule has 3 heterocycles. The maximum Gasteiger partial charge on any atom is 0.230 e. The zero-order valence-corrected chi connectivity index (χ0v) is 12.9. The molecule has 4 rings (SSSR count). The molecule has 0 aliphatic heterocycles. The Hall–Kier alpha value is -3.29. The standard InChI is InChI=1S/C16H14FN7/c1-23-7-6-14(22-23)20-16-18-8-12-9-19-24(15(12)21-16)10-11-4-2-3-5-13(11)17/h2-9H,10H2,1H3,(H,18,20,21,22). The van der Waals surface area contributed by atoms with E-state index in [9.17, 15) is 4.39 Å². The molecule has 0 unspecified atom stereocenters. The highest BCUT2D eigenvalue weighted by Gasteiger charge is 2.10. The van der Waals surface area contributed by atoms with Gasteiger partial charge in [0.15, 0.2) is 11.5 Å². The van der Waals surface area contributed by atoms with E-state index in [0.717, 1.165) is 5.39 Å². The maximum absolute atomic E-state index is 13.9. The second kappa shape index (κ2) is 5.73. The Balaban J connectivity index is 1.67. The van der Waals surface area contributed by atoms with Gasteiger partial charge in [-0.2, -0.15) is 15.2 Å². The first-order valence-electron chi connectivity index (χ1n) is 7.38. The fraction of sp³-hybridized carbons (Fsp3) is 0.125. The van der Waals surface area contributed by atoms with Gasteiger partial charge in [-0.1, -0.05) is 18.2 Å². The SMILES string of the molecule is Cn1ccc(Nc2ncc3cnn(Cc4ccccc4F)c3n2)n1. The smallest absolute Gasteiger partial charge is 0.230 e. The first-order chi connectivity index (χ1) is 11.7. The van der Waals surface area contributed by atoms with Crippen molar-refractivity contribution in [3.8, 4) is 0 Å². The van der Waals surface area contributed by atoms with Crippen molar-refractivity contribution in [1.29, 1.82) is 0 Å². The normalized spacial score (nSPS) is 11.1. The van der Waals surface area contributed by atoms with E-state index in [4.69, 9.17) is 0 Å². The predicted octanol–water partition coefficient (Wildman–Crippen LogP) is 2.49. The topological polar surface area (TPSA) is 73.5 Å². The van der Waals surface area contributed by atoms with Gasteiger partial charge in [-0.25, -0.2) is 14.1 Å². The van der Waals surface area contributed by atoms with Crippen LogP contribution >= 0.6 is 0 Å². The highest BCUT2D eigenvalue weighted by molar-refractivity contribution is 5.75. The molecule has 7 nitrogen and oxygen atoms in total. The van der Waals surface area contributed by atoms with Gasteiger partial charge in [0.25, 0.3) is 0 Å². The molecule has 3 aromatic heterocycles. The minimum atomic E-state index is -0.262. The molecule has 120 valence electrons. The Bertz CT molecular complexity index is 1000. The Labute approximate surface area is 136 Å². The van der Waals surface area contributed by atoms with Crippen molar-refractivity contribution < 1.29 is 4.39 Å². The zero-order chi connectivity index (χ0) is 16.5. The summed E-state index contributed by atoms with van der Waals surface area (Å²) in [4.78, 5) is 8.72. The molecular weight excluding hydrogens is 309 g/mol. The Morgan fingerprint density at radius 1 is 1.17 bits per heavy atom. The van der Waals surface area contributed by atoms with Crippen molar-refractivity contribution in [2.75, 3.05) is 5.32 Å². The molecule has 4 aromatic rings. The average molecular weight is 323 g/mol. The number of hydrogen-bond acceptors (Lipinski definition) is 5. The minimum absolute atomic E-state index is 0.262. The lowest BCUT2D eigenvalue weighted by atomic mass is 10.2. The average Bonchev–Trinajstić information content (AvgIpc) is 3.16. The van der Waals surface area contributed by atoms with Crippen LogP contribution in [0.1, 0.15) is 5.56 Å². The summed E-state index contributed by atoms with van der Waals surface area (Å²) in [5.74, 6) is 0.801. The summed E-state index contributed by atoms with van der Waals surface area (Å²) in [6.07, 6.45) is 5.17. The van der Waals surface area contributed by atoms with Crippen molar-refractivity contribution in [2.24, 2.45) is 7.05 Å². The van der Waals surface area contributed by atoms with Crippen LogP contribution in [0.3, 0.4) is 0 Å². The first kappa shape index (κ1) is 14.3. The largest absolute Gasteiger partial charge is 0.307 e. The quantitative estimate of drug-likeness (QED) is 0.624. The number of aromatic nitrogens is 6. The lowest BCUT2D eigenvalue weighted by Crippen LogP contribution is -2.06. The summed E-state index contributed by atoms with van der Waals surface area (Å²) < 4.78 is 17.2. The van der Waals surface area contributed by atoms with Crippen LogP contribution < -0.4 is 5.32 Å². The van der Waals surface area contributed by atoms with E-state index in [1.54, 1.807) is 40.0 Å². The monoisotopic (exact) mass is 323 g/mol. The number of aryl methyl sites for hydroxylation is 1. The number of nitrogens with one attached hydrogen (secondary N) is 1. The van der Waals surface area contributed by atoms with E-state index in [2.05, 4.69) is 25.5 Å². The van der Waals surface area contributed by atoms with Crippen LogP contribution in [0.4, 0.5) is 16.2 Å². The van der Waals surface area contributed by atoms with E-state index in [1.807, 2.05) is 19.3 Å². The van der Waals surface area contributed by atoms with E-state index >= 15 is 0 Å². The third-order valence-corrected chi connectivity index (χ3v) is 3.61. The molecule has 1 aromatic carbocycles. The number of benzene rings is 1. The minimum Gasteiger partial charge on any atom is -0.307 e. The van der Waals surface area contributed by atoms with Crippen LogP contribution in [0.5, 0.6) is 0 Å². The molecule has 0 aliphatic rings. The van der Waals surface area contributed by atoms with Crippen LogP contribution in [0.15, 0.2) is 48.9 Å². The number of anilines is 2. The lowest BCUT2D eigenvalue weighted by molar-refractivity contribution is 0.589. The third-order valence-electron chi connectivity index (χ3n) is 3.61. The second-order valence-electron chi connectivity index (χ2n) is 5.37. The van der Waals surface area contributed by atoms with Crippen LogP contribution in [0, 0.1) is 5.82 Å². The Kier molecular flexibility index (Phi) is 3.42. The molecule has 0 radical (unpaired) electrons. The van der Waals surface area contributed by atoms with Crippen molar-refractivity contribution in [2.45, 2.75) is 6.54 Å². The van der Waals surface area contributed by atoms with Crippen LogP contribution in [0.2, 0.25) is 0 Å². The predicted molar refractivity (Wildman–Crippen MR) is 87.3 cm³/mol. The molecule has 0 atom stereocenters. The Morgan fingerprint density at radius 3 is 2.83 bits per heavy atom. The van der Waals surface area contributed by atoms with Gasteiger partial charge >= 0.3 is 0 Å². The summed E-state index contributed by atoms with van der Waals surface area (Å²) in [7, 11) is 1.83. The van der Waals surface area contributed by atoms with Gasteiger partial charge in [-0.15, -0.1) is 0 Å². The van der Waals surface area contributed by atoms with Crippen molar-refractivity contribution in [3.05, 3.63) is 60.3 Å². The number of rotatable bonds is 4. The lowest BCUT2D eigenvalue weighted by Gasteiger charge is -2.06. The highest BCUT2D eigenvalue weighted by atomic mass is 19.1. The number of fused-ring (bicyclic) bond motifs is 1. The van der Waals surface area contributed by atoms with Crippen molar-refractivity contribution in [3.63, 3.8) is 0 Å². The molecular formula is C16H14FN7. The molecule has 0 aliphatic carbocycles. The molecule has 8 heteroatoms. The zero-order valence-electron chi connectivity index (χ0n) is 12.9. The number of hydrogen-bond donors (Lipinski definition) is 1. The van der Waals surface area contributed by atoms with E-state index in [0.29, 0.717) is 29.5 Å². The van der Waals surface area contributed by atoms with Gasteiger partial charge in [0.1, 0.15) is 5.82 Å². The fourth-order valence-corrected chi connectivity index (χ4v) is 2.43. The van der Waals surface area contributed by atoms with Gasteiger partial charge in [0.2, 0.25) is 5.95 Å². The van der Waals surface area contributed by atoms with Crippen LogP contribution in [0.25, 0.3) is 11.0 Å². The molecule has 1 N–H and O–H groups in total. The molecule has 0 amide bonds. The molecule has 0 bridgehead atoms. The highest BCUT2D eigenvalue weighted by Crippen LogP contribution is 2.17. The van der Waals surface area contributed by atoms with Crippen molar-refractivity contribution in [1.82, 2.24) is 29.5 Å². The Morgan fingerprint density at radius 2 is 2.04 bits per heavy atom. The summed E-state index contributed by atoms with van der Waals surface area (Å²) in [5, 5.41) is 12.3. The molecule has 0 spiro atoms. The molecule has 0 fully saturated rings. The van der Waals surface area contributed by atoms with Gasteiger partial charge < -0.3 is 5.32 Å². The van der Waals surface area contributed by atoms with Crippen LogP contribution in [-0.2, 0) is 13.6 Å². The first-order valence-corrected chi connectivity index (χ1v) is 7.38. The summed E-state index contributed by atoms with van der Waals surface area (Å²) in [5.41, 5.74) is 1.19. The number of halogens is 1. The van der Waals surface area contributed by atoms with Gasteiger partial charge in [0.05, 0.1) is 18.1 Å². The summed E-state index contributed by atoms with van der Waals surface area (Å²) >= 11 is 0. The van der Waals surface area contributed by atoms with E-state index in [1.165, 1.54) is 6.07 Å².